The first-order valence-electron chi connectivity index (χ1n) is 4.88. The lowest BCUT2D eigenvalue weighted by molar-refractivity contribution is -0.158. The van der Waals surface area contributed by atoms with Gasteiger partial charge in [-0.15, -0.1) is 0 Å². The minimum absolute atomic E-state index is 0.355. The highest BCUT2D eigenvalue weighted by Crippen LogP contribution is 2.18. The van der Waals surface area contributed by atoms with E-state index in [1.165, 1.54) is 0 Å². The van der Waals surface area contributed by atoms with Gasteiger partial charge in [0.25, 0.3) is 0 Å². The van der Waals surface area contributed by atoms with Crippen LogP contribution in [0.3, 0.4) is 0 Å². The van der Waals surface area contributed by atoms with Gasteiger partial charge in [-0.1, -0.05) is 12.1 Å². The summed E-state index contributed by atoms with van der Waals surface area (Å²) in [5.41, 5.74) is -0.961. The van der Waals surface area contributed by atoms with Gasteiger partial charge in [0, 0.05) is 0 Å². The van der Waals surface area contributed by atoms with Crippen molar-refractivity contribution in [3.63, 3.8) is 0 Å². The Kier molecular flexibility index (Phi) is 3.72. The van der Waals surface area contributed by atoms with E-state index in [0.717, 1.165) is 0 Å². The number of benzene rings is 1. The molecule has 81 valence electrons. The minimum Gasteiger partial charge on any atom is -0.476 e. The van der Waals surface area contributed by atoms with E-state index in [4.69, 9.17) is 9.47 Å². The highest BCUT2D eigenvalue weighted by atomic mass is 16.6. The molecule has 3 nitrogen and oxygen atoms in total. The molecule has 0 spiro atoms. The quantitative estimate of drug-likeness (QED) is 0.710. The molecule has 0 saturated carbocycles. The molecule has 0 aliphatic rings. The normalized spacial score (nSPS) is 10.9. The van der Waals surface area contributed by atoms with Gasteiger partial charge in [0.15, 0.2) is 5.60 Å². The van der Waals surface area contributed by atoms with E-state index in [2.05, 4.69) is 6.07 Å². The van der Waals surface area contributed by atoms with Crippen molar-refractivity contribution in [2.24, 2.45) is 0 Å². The number of ether oxygens (including phenoxy) is 2. The fourth-order valence-corrected chi connectivity index (χ4v) is 1.08. The molecule has 1 aromatic carbocycles. The molecule has 1 radical (unpaired) electrons. The molecule has 0 atom stereocenters. The molecule has 0 fully saturated rings. The molecule has 0 aliphatic carbocycles. The summed E-state index contributed by atoms with van der Waals surface area (Å²) in [7, 11) is 0. The maximum absolute atomic E-state index is 11.5. The Morgan fingerprint density at radius 3 is 2.53 bits per heavy atom. The smallest absolute Gasteiger partial charge is 0.349 e. The van der Waals surface area contributed by atoms with Gasteiger partial charge in [-0.3, -0.25) is 0 Å². The molecule has 3 heteroatoms. The van der Waals surface area contributed by atoms with E-state index < -0.39 is 5.60 Å². The van der Waals surface area contributed by atoms with Crippen LogP contribution in [0.5, 0.6) is 5.75 Å². The van der Waals surface area contributed by atoms with E-state index in [0.29, 0.717) is 12.4 Å². The minimum atomic E-state index is -0.961. The third-order valence-corrected chi connectivity index (χ3v) is 1.83. The van der Waals surface area contributed by atoms with E-state index in [1.807, 2.05) is 0 Å². The molecule has 0 N–H and O–H groups in total. The van der Waals surface area contributed by atoms with Crippen LogP contribution in [0.2, 0.25) is 0 Å². The molecule has 0 aromatic heterocycles. The van der Waals surface area contributed by atoms with Crippen LogP contribution in [0.15, 0.2) is 24.3 Å². The van der Waals surface area contributed by atoms with Crippen LogP contribution in [0, 0.1) is 6.07 Å². The Morgan fingerprint density at radius 2 is 2.00 bits per heavy atom. The monoisotopic (exact) mass is 207 g/mol. The largest absolute Gasteiger partial charge is 0.476 e. The summed E-state index contributed by atoms with van der Waals surface area (Å²) in [5.74, 6) is 0.268. The molecule has 0 unspecified atom stereocenters. The zero-order valence-corrected chi connectivity index (χ0v) is 9.24. The van der Waals surface area contributed by atoms with Crippen molar-refractivity contribution in [1.29, 1.82) is 0 Å². The molecule has 0 bridgehead atoms. The standard InChI is InChI=1S/C12H15O3/c1-4-14-11(13)12(2,3)15-10-8-6-5-7-9-10/h6-9H,4H2,1-3H3. The van der Waals surface area contributed by atoms with Gasteiger partial charge in [-0.25, -0.2) is 4.79 Å². The maximum atomic E-state index is 11.5. The van der Waals surface area contributed by atoms with E-state index in [9.17, 15) is 4.79 Å². The third kappa shape index (κ3) is 3.27. The molecular weight excluding hydrogens is 192 g/mol. The number of hydrogen-bond acceptors (Lipinski definition) is 3. The summed E-state index contributed by atoms with van der Waals surface area (Å²) in [4.78, 5) is 11.5. The van der Waals surface area contributed by atoms with Gasteiger partial charge in [0.2, 0.25) is 0 Å². The summed E-state index contributed by atoms with van der Waals surface area (Å²) in [6.07, 6.45) is 0. The molecular formula is C12H15O3. The number of hydrogen-bond donors (Lipinski definition) is 0. The summed E-state index contributed by atoms with van der Waals surface area (Å²) >= 11 is 0. The molecule has 0 amide bonds. The second-order valence-corrected chi connectivity index (χ2v) is 3.57. The van der Waals surface area contributed by atoms with Gasteiger partial charge in [-0.05, 0) is 39.0 Å². The average molecular weight is 207 g/mol. The lowest BCUT2D eigenvalue weighted by Gasteiger charge is -2.23. The summed E-state index contributed by atoms with van der Waals surface area (Å²) < 4.78 is 10.4. The van der Waals surface area contributed by atoms with E-state index in [-0.39, 0.29) is 5.97 Å². The Bertz CT molecular complexity index is 317. The van der Waals surface area contributed by atoms with Crippen LogP contribution in [0.4, 0.5) is 0 Å². The second kappa shape index (κ2) is 4.82. The van der Waals surface area contributed by atoms with Gasteiger partial charge < -0.3 is 9.47 Å². The Labute approximate surface area is 90.0 Å². The first-order chi connectivity index (χ1) is 7.06. The van der Waals surface area contributed by atoms with E-state index in [1.54, 1.807) is 45.0 Å². The first kappa shape index (κ1) is 11.6. The van der Waals surface area contributed by atoms with Crippen molar-refractivity contribution in [2.75, 3.05) is 6.61 Å². The molecule has 0 aliphatic heterocycles. The van der Waals surface area contributed by atoms with Crippen LogP contribution in [0.1, 0.15) is 20.8 Å². The average Bonchev–Trinajstić information content (AvgIpc) is 2.19. The van der Waals surface area contributed by atoms with Crippen molar-refractivity contribution in [2.45, 2.75) is 26.4 Å². The number of carbonyl (C=O) groups excluding carboxylic acids is 1. The van der Waals surface area contributed by atoms with Gasteiger partial charge >= 0.3 is 5.97 Å². The fraction of sp³-hybridized carbons (Fsp3) is 0.417. The van der Waals surface area contributed by atoms with E-state index >= 15 is 0 Å². The lowest BCUT2D eigenvalue weighted by Crippen LogP contribution is -2.39. The predicted molar refractivity (Wildman–Crippen MR) is 56.6 cm³/mol. The molecule has 0 heterocycles. The number of carbonyl (C=O) groups is 1. The zero-order chi connectivity index (χ0) is 11.3. The molecule has 0 saturated heterocycles. The molecule has 1 rings (SSSR count). The SMILES string of the molecule is CCOC(=O)C(C)(C)Oc1cc[c]cc1. The topological polar surface area (TPSA) is 35.5 Å². The highest BCUT2D eigenvalue weighted by molar-refractivity contribution is 5.79. The van der Waals surface area contributed by atoms with Crippen LogP contribution < -0.4 is 4.74 Å². The van der Waals surface area contributed by atoms with Crippen LogP contribution in [-0.2, 0) is 9.53 Å². The number of rotatable bonds is 4. The van der Waals surface area contributed by atoms with Crippen molar-refractivity contribution in [3.05, 3.63) is 30.3 Å². The van der Waals surface area contributed by atoms with Crippen LogP contribution >= 0.6 is 0 Å². The highest BCUT2D eigenvalue weighted by Gasteiger charge is 2.31. The second-order valence-electron chi connectivity index (χ2n) is 3.57. The van der Waals surface area contributed by atoms with Crippen molar-refractivity contribution >= 4 is 5.97 Å². The van der Waals surface area contributed by atoms with Gasteiger partial charge in [0.05, 0.1) is 6.61 Å². The lowest BCUT2D eigenvalue weighted by atomic mass is 10.1. The third-order valence-electron chi connectivity index (χ3n) is 1.83. The Balaban J connectivity index is 2.68. The van der Waals surface area contributed by atoms with Crippen molar-refractivity contribution in [3.8, 4) is 5.75 Å². The molecule has 1 aromatic rings. The summed E-state index contributed by atoms with van der Waals surface area (Å²) in [6.45, 7) is 5.49. The summed E-state index contributed by atoms with van der Waals surface area (Å²) in [6, 6.07) is 9.84. The Morgan fingerprint density at radius 1 is 1.40 bits per heavy atom. The van der Waals surface area contributed by atoms with Crippen molar-refractivity contribution < 1.29 is 14.3 Å². The number of esters is 1. The first-order valence-corrected chi connectivity index (χ1v) is 4.88. The fourth-order valence-electron chi connectivity index (χ4n) is 1.08. The summed E-state index contributed by atoms with van der Waals surface area (Å²) in [5, 5.41) is 0. The van der Waals surface area contributed by atoms with Gasteiger partial charge in [-0.2, -0.15) is 0 Å². The zero-order valence-electron chi connectivity index (χ0n) is 9.24. The predicted octanol–water partition coefficient (Wildman–Crippen LogP) is 2.21. The van der Waals surface area contributed by atoms with Crippen molar-refractivity contribution in [1.82, 2.24) is 0 Å². The van der Waals surface area contributed by atoms with Crippen LogP contribution in [0.25, 0.3) is 0 Å². The van der Waals surface area contributed by atoms with Gasteiger partial charge in [0.1, 0.15) is 5.75 Å². The Hall–Kier alpha value is -1.51. The maximum Gasteiger partial charge on any atom is 0.349 e. The van der Waals surface area contributed by atoms with Crippen LogP contribution in [-0.4, -0.2) is 18.2 Å². The molecule has 15 heavy (non-hydrogen) atoms.